The first kappa shape index (κ1) is 18.4. The highest BCUT2D eigenvalue weighted by Gasteiger charge is 2.26. The lowest BCUT2D eigenvalue weighted by molar-refractivity contribution is -0.118. The number of aromatic nitrogens is 3. The van der Waals surface area contributed by atoms with E-state index in [0.29, 0.717) is 25.0 Å². The number of pyridine rings is 1. The summed E-state index contributed by atoms with van der Waals surface area (Å²) in [4.78, 5) is 21.2. The number of fused-ring (bicyclic) bond motifs is 1. The Hall–Kier alpha value is -1.95. The summed E-state index contributed by atoms with van der Waals surface area (Å²) < 4.78 is 7.68. The molecule has 1 aliphatic carbocycles. The van der Waals surface area contributed by atoms with Crippen LogP contribution in [0.1, 0.15) is 59.9 Å². The first-order valence-corrected chi connectivity index (χ1v) is 8.21. The molecule has 0 atom stereocenters. The molecule has 1 N–H and O–H groups in total. The van der Waals surface area contributed by atoms with Crippen LogP contribution in [-0.4, -0.2) is 32.7 Å². The van der Waals surface area contributed by atoms with Crippen molar-refractivity contribution in [3.05, 3.63) is 18.3 Å². The second-order valence-electron chi connectivity index (χ2n) is 7.00. The van der Waals surface area contributed by atoms with Gasteiger partial charge in [0, 0.05) is 12.2 Å². The van der Waals surface area contributed by atoms with Crippen LogP contribution in [0, 0.1) is 0 Å². The van der Waals surface area contributed by atoms with Crippen LogP contribution in [0.5, 0.6) is 0 Å². The van der Waals surface area contributed by atoms with Crippen LogP contribution in [0.3, 0.4) is 0 Å². The topological polar surface area (TPSA) is 69.0 Å². The Morgan fingerprint density at radius 2 is 2.17 bits per heavy atom. The summed E-state index contributed by atoms with van der Waals surface area (Å²) in [5, 5.41) is 2.93. The van der Waals surface area contributed by atoms with E-state index in [4.69, 9.17) is 4.74 Å². The predicted octanol–water partition coefficient (Wildman–Crippen LogP) is 3.94. The quantitative estimate of drug-likeness (QED) is 0.900. The van der Waals surface area contributed by atoms with Crippen LogP contribution < -0.4 is 5.32 Å². The van der Waals surface area contributed by atoms with Crippen molar-refractivity contribution in [3.63, 3.8) is 0 Å². The second-order valence-corrected chi connectivity index (χ2v) is 7.00. The molecule has 6 heteroatoms. The lowest BCUT2D eigenvalue weighted by Crippen LogP contribution is -2.25. The maximum absolute atomic E-state index is 12.2. The third-order valence-electron chi connectivity index (χ3n) is 4.00. The fraction of sp³-hybridized carbons (Fsp3) is 0.611. The summed E-state index contributed by atoms with van der Waals surface area (Å²) in [5.41, 5.74) is 1.43. The minimum atomic E-state index is -0.233. The number of anilines is 1. The Balaban J connectivity index is 0.00000208. The maximum atomic E-state index is 12.2. The van der Waals surface area contributed by atoms with Crippen LogP contribution >= 0.6 is 0 Å². The molecule has 0 bridgehead atoms. The first-order chi connectivity index (χ1) is 10.9. The zero-order valence-corrected chi connectivity index (χ0v) is 14.0. The average molecular weight is 332 g/mol. The largest absolute Gasteiger partial charge is 0.375 e. The second kappa shape index (κ2) is 7.30. The molecule has 1 amide bonds. The number of carbonyl (C=O) groups excluding carboxylic acids is 1. The zero-order chi connectivity index (χ0) is 16.4. The van der Waals surface area contributed by atoms with Crippen LogP contribution in [0.25, 0.3) is 11.2 Å². The van der Waals surface area contributed by atoms with Gasteiger partial charge in [-0.2, -0.15) is 0 Å². The highest BCUT2D eigenvalue weighted by Crippen LogP contribution is 2.36. The van der Waals surface area contributed by atoms with Crippen LogP contribution in [0.2, 0.25) is 0 Å². The van der Waals surface area contributed by atoms with E-state index >= 15 is 0 Å². The van der Waals surface area contributed by atoms with Crippen molar-refractivity contribution in [2.45, 2.75) is 65.5 Å². The van der Waals surface area contributed by atoms with Crippen molar-refractivity contribution >= 4 is 23.0 Å². The van der Waals surface area contributed by atoms with Crippen molar-refractivity contribution < 1.29 is 9.53 Å². The molecule has 2 aromatic heterocycles. The predicted molar refractivity (Wildman–Crippen MR) is 96.1 cm³/mol. The van der Waals surface area contributed by atoms with E-state index in [1.54, 1.807) is 6.20 Å². The van der Waals surface area contributed by atoms with Gasteiger partial charge >= 0.3 is 0 Å². The number of nitrogens with zero attached hydrogens (tertiary/aromatic N) is 3. The number of amides is 1. The highest BCUT2D eigenvalue weighted by molar-refractivity contribution is 5.91. The smallest absolute Gasteiger partial charge is 0.229 e. The SMILES string of the molecule is C.CC(C)(C)OCCC(=O)Nc1nc2cccnc2n1C1CCC1. The molecule has 0 radical (unpaired) electrons. The summed E-state index contributed by atoms with van der Waals surface area (Å²) in [6, 6.07) is 4.18. The summed E-state index contributed by atoms with van der Waals surface area (Å²) in [6.07, 6.45) is 5.51. The minimum Gasteiger partial charge on any atom is -0.375 e. The van der Waals surface area contributed by atoms with Gasteiger partial charge in [0.1, 0.15) is 5.52 Å². The van der Waals surface area contributed by atoms with E-state index in [1.165, 1.54) is 6.42 Å². The molecule has 0 spiro atoms. The maximum Gasteiger partial charge on any atom is 0.229 e. The molecule has 0 unspecified atom stereocenters. The van der Waals surface area contributed by atoms with Crippen molar-refractivity contribution in [2.75, 3.05) is 11.9 Å². The molecule has 1 aliphatic rings. The number of ether oxygens (including phenoxy) is 1. The van der Waals surface area contributed by atoms with E-state index in [0.717, 1.165) is 24.0 Å². The number of carbonyl (C=O) groups is 1. The molecule has 132 valence electrons. The number of rotatable bonds is 5. The van der Waals surface area contributed by atoms with Crippen molar-refractivity contribution in [1.29, 1.82) is 0 Å². The van der Waals surface area contributed by atoms with Crippen LogP contribution in [0.15, 0.2) is 18.3 Å². The Labute approximate surface area is 143 Å². The lowest BCUT2D eigenvalue weighted by Gasteiger charge is -2.28. The molecule has 0 saturated heterocycles. The molecule has 3 rings (SSSR count). The Kier molecular flexibility index (Phi) is 5.59. The molecule has 0 aliphatic heterocycles. The van der Waals surface area contributed by atoms with Gasteiger partial charge in [-0.1, -0.05) is 7.43 Å². The van der Waals surface area contributed by atoms with Gasteiger partial charge < -0.3 is 4.74 Å². The number of nitrogens with one attached hydrogen (secondary N) is 1. The van der Waals surface area contributed by atoms with Gasteiger partial charge in [-0.05, 0) is 52.2 Å². The fourth-order valence-electron chi connectivity index (χ4n) is 2.65. The average Bonchev–Trinajstić information content (AvgIpc) is 2.74. The van der Waals surface area contributed by atoms with E-state index in [1.807, 2.05) is 32.9 Å². The lowest BCUT2D eigenvalue weighted by atomic mass is 9.93. The van der Waals surface area contributed by atoms with Gasteiger partial charge in [0.2, 0.25) is 11.9 Å². The van der Waals surface area contributed by atoms with E-state index in [2.05, 4.69) is 19.9 Å². The summed E-state index contributed by atoms with van der Waals surface area (Å²) in [7, 11) is 0. The molecule has 24 heavy (non-hydrogen) atoms. The zero-order valence-electron chi connectivity index (χ0n) is 14.0. The first-order valence-electron chi connectivity index (χ1n) is 8.21. The van der Waals surface area contributed by atoms with E-state index < -0.39 is 0 Å². The minimum absolute atomic E-state index is 0. The molecule has 0 aromatic carbocycles. The monoisotopic (exact) mass is 332 g/mol. The Morgan fingerprint density at radius 3 is 2.79 bits per heavy atom. The molecule has 2 heterocycles. The van der Waals surface area contributed by atoms with Crippen molar-refractivity contribution in [2.24, 2.45) is 0 Å². The fourth-order valence-corrected chi connectivity index (χ4v) is 2.65. The Bertz CT molecular complexity index is 699. The molecule has 2 aromatic rings. The van der Waals surface area contributed by atoms with Gasteiger partial charge in [0.15, 0.2) is 5.65 Å². The highest BCUT2D eigenvalue weighted by atomic mass is 16.5. The van der Waals surface area contributed by atoms with Gasteiger partial charge in [0.05, 0.1) is 18.6 Å². The normalized spacial score (nSPS) is 15.0. The molecule has 1 fully saturated rings. The third kappa shape index (κ3) is 4.12. The molecular weight excluding hydrogens is 304 g/mol. The molecular formula is C18H28N4O2. The van der Waals surface area contributed by atoms with Gasteiger partial charge in [-0.15, -0.1) is 0 Å². The standard InChI is InChI=1S/C17H24N4O2.CH4/c1-17(2,3)23-11-9-14(22)20-16-19-13-8-5-10-18-15(13)21(16)12-6-4-7-12;/h5,8,10,12H,4,6-7,9,11H2,1-3H3,(H,19,20,22);1H4. The van der Waals surface area contributed by atoms with Gasteiger partial charge in [-0.25, -0.2) is 9.97 Å². The van der Waals surface area contributed by atoms with Crippen molar-refractivity contribution in [3.8, 4) is 0 Å². The Morgan fingerprint density at radius 1 is 1.42 bits per heavy atom. The molecule has 1 saturated carbocycles. The summed E-state index contributed by atoms with van der Waals surface area (Å²) in [5.74, 6) is 0.522. The summed E-state index contributed by atoms with van der Waals surface area (Å²) in [6.45, 7) is 6.34. The van der Waals surface area contributed by atoms with Crippen LogP contribution in [0.4, 0.5) is 5.95 Å². The van der Waals surface area contributed by atoms with Gasteiger partial charge in [0.25, 0.3) is 0 Å². The number of hydrogen-bond acceptors (Lipinski definition) is 4. The van der Waals surface area contributed by atoms with Gasteiger partial charge in [-0.3, -0.25) is 14.7 Å². The van der Waals surface area contributed by atoms with Crippen molar-refractivity contribution in [1.82, 2.24) is 14.5 Å². The molecule has 6 nitrogen and oxygen atoms in total. The third-order valence-corrected chi connectivity index (χ3v) is 4.00. The van der Waals surface area contributed by atoms with E-state index in [9.17, 15) is 4.79 Å². The summed E-state index contributed by atoms with van der Waals surface area (Å²) >= 11 is 0. The number of hydrogen-bond donors (Lipinski definition) is 1. The number of imidazole rings is 1. The van der Waals surface area contributed by atoms with Crippen LogP contribution in [-0.2, 0) is 9.53 Å². The van der Waals surface area contributed by atoms with E-state index in [-0.39, 0.29) is 18.9 Å².